The number of amidine groups is 1. The van der Waals surface area contributed by atoms with Crippen molar-refractivity contribution in [3.05, 3.63) is 63.8 Å². The molecule has 2 aromatic heterocycles. The number of pyridine rings is 1. The zero-order chi connectivity index (χ0) is 33.9. The van der Waals surface area contributed by atoms with E-state index < -0.39 is 38.6 Å². The highest BCUT2D eigenvalue weighted by Crippen LogP contribution is 2.42. The number of nitriles is 1. The van der Waals surface area contributed by atoms with Gasteiger partial charge in [-0.05, 0) is 76.1 Å². The van der Waals surface area contributed by atoms with Crippen LogP contribution in [0.3, 0.4) is 0 Å². The van der Waals surface area contributed by atoms with E-state index in [0.29, 0.717) is 58.4 Å². The normalized spacial score (nSPS) is 17.2. The van der Waals surface area contributed by atoms with Gasteiger partial charge in [0, 0.05) is 32.8 Å². The summed E-state index contributed by atoms with van der Waals surface area (Å²) in [4.78, 5) is 22.3. The van der Waals surface area contributed by atoms with Gasteiger partial charge in [0.15, 0.2) is 0 Å². The third kappa shape index (κ3) is 8.52. The Morgan fingerprint density at radius 3 is 2.57 bits per heavy atom. The van der Waals surface area contributed by atoms with Crippen LogP contribution in [0, 0.1) is 11.3 Å². The Balaban J connectivity index is 0.00000235. The molecule has 0 bridgehead atoms. The van der Waals surface area contributed by atoms with E-state index >= 15 is 0 Å². The predicted octanol–water partition coefficient (Wildman–Crippen LogP) is 7.40. The number of sulfonamides is 1. The summed E-state index contributed by atoms with van der Waals surface area (Å²) in [6, 6.07) is 12.2. The van der Waals surface area contributed by atoms with E-state index in [9.17, 15) is 23.6 Å². The molecule has 1 amide bonds. The SMILES string of the molecule is CC.CC(C)(C)OC(=O)NC1=NC(C(NS(=O)(=O)C2CC2)c2cc3cccc(-c4cc(C(C)(O)CC#N)ccn4)c3s2)=C(Cl)CC1. The molecule has 46 heavy (non-hydrogen) atoms. The average Bonchev–Trinajstić information content (AvgIpc) is 3.77. The zero-order valence-corrected chi connectivity index (χ0v) is 29.2. The van der Waals surface area contributed by atoms with Gasteiger partial charge < -0.3 is 9.84 Å². The second-order valence-electron chi connectivity index (χ2n) is 12.2. The standard InChI is InChI=1S/C31H34ClN5O5S2.C2H6/c1-30(2,3)42-29(38)36-25-11-10-22(32)26(35-25)27(37-44(40,41)20-8-9-20)24-16-18-6-5-7-21(28(18)43-24)23-17-19(12-15-34-23)31(4,39)13-14-33;1-2/h5-7,12,15-17,20,27,37,39H,8-11,13H2,1-4H3,(H,35,36,38);1-2H3. The van der Waals surface area contributed by atoms with Gasteiger partial charge in [0.1, 0.15) is 11.4 Å². The summed E-state index contributed by atoms with van der Waals surface area (Å²) in [6.45, 7) is 10.9. The molecule has 246 valence electrons. The van der Waals surface area contributed by atoms with Gasteiger partial charge >= 0.3 is 6.09 Å². The van der Waals surface area contributed by atoms with Crippen molar-refractivity contribution in [2.75, 3.05) is 0 Å². The molecule has 3 aromatic rings. The van der Waals surface area contributed by atoms with E-state index in [1.165, 1.54) is 11.3 Å². The van der Waals surface area contributed by atoms with E-state index in [1.54, 1.807) is 46.0 Å². The minimum Gasteiger partial charge on any atom is -0.444 e. The van der Waals surface area contributed by atoms with Crippen LogP contribution in [0.2, 0.25) is 0 Å². The second kappa shape index (κ2) is 14.2. The van der Waals surface area contributed by atoms with Crippen LogP contribution in [0.1, 0.15) is 90.1 Å². The number of hydrogen-bond donors (Lipinski definition) is 3. The molecule has 3 heterocycles. The molecular weight excluding hydrogens is 646 g/mol. The Kier molecular flexibility index (Phi) is 11.0. The topological polar surface area (TPSA) is 154 Å². The lowest BCUT2D eigenvalue weighted by molar-refractivity contribution is 0.0561. The fourth-order valence-electron chi connectivity index (χ4n) is 4.83. The molecule has 1 aromatic carbocycles. The molecule has 10 nitrogen and oxygen atoms in total. The highest BCUT2D eigenvalue weighted by molar-refractivity contribution is 7.90. The van der Waals surface area contributed by atoms with Gasteiger partial charge in [-0.1, -0.05) is 43.6 Å². The number of nitrogens with one attached hydrogen (secondary N) is 2. The lowest BCUT2D eigenvalue weighted by Crippen LogP contribution is -2.38. The number of amides is 1. The van der Waals surface area contributed by atoms with Crippen LogP contribution in [-0.4, -0.2) is 41.3 Å². The number of aliphatic imine (C=N–C) groups is 1. The van der Waals surface area contributed by atoms with Gasteiger partial charge in [0.25, 0.3) is 0 Å². The minimum absolute atomic E-state index is 0.0756. The molecule has 1 fully saturated rings. The van der Waals surface area contributed by atoms with Crippen molar-refractivity contribution >= 4 is 55.0 Å². The van der Waals surface area contributed by atoms with Crippen molar-refractivity contribution in [2.24, 2.45) is 4.99 Å². The first-order valence-corrected chi connectivity index (χ1v) is 18.0. The quantitative estimate of drug-likeness (QED) is 0.223. The van der Waals surface area contributed by atoms with E-state index in [-0.39, 0.29) is 6.42 Å². The number of rotatable bonds is 8. The first-order chi connectivity index (χ1) is 21.7. The first kappa shape index (κ1) is 35.5. The monoisotopic (exact) mass is 685 g/mol. The molecule has 3 N–H and O–H groups in total. The fraction of sp³-hybridized carbons (Fsp3) is 0.455. The summed E-state index contributed by atoms with van der Waals surface area (Å²) in [5, 5.41) is 23.5. The Bertz CT molecular complexity index is 1820. The van der Waals surface area contributed by atoms with Crippen LogP contribution in [0.5, 0.6) is 0 Å². The number of allylic oxidation sites excluding steroid dienone is 1. The van der Waals surface area contributed by atoms with Crippen molar-refractivity contribution in [3.8, 4) is 17.3 Å². The number of carbonyl (C=O) groups is 1. The van der Waals surface area contributed by atoms with Gasteiger partial charge in [0.2, 0.25) is 10.0 Å². The van der Waals surface area contributed by atoms with Gasteiger partial charge in [0.05, 0.1) is 40.8 Å². The maximum Gasteiger partial charge on any atom is 0.413 e. The third-order valence-electron chi connectivity index (χ3n) is 7.21. The number of fused-ring (bicyclic) bond motifs is 1. The number of aromatic nitrogens is 1. The Morgan fingerprint density at radius 1 is 1.20 bits per heavy atom. The molecular formula is C33H40ClN5O5S2. The summed E-state index contributed by atoms with van der Waals surface area (Å²) < 4.78 is 35.6. The van der Waals surface area contributed by atoms with Crippen LogP contribution < -0.4 is 10.0 Å². The smallest absolute Gasteiger partial charge is 0.413 e. The van der Waals surface area contributed by atoms with Crippen molar-refractivity contribution in [1.82, 2.24) is 15.0 Å². The molecule has 2 unspecified atom stereocenters. The number of ether oxygens (including phenoxy) is 1. The van der Waals surface area contributed by atoms with Gasteiger partial charge in [-0.3, -0.25) is 10.3 Å². The maximum absolute atomic E-state index is 13.3. The van der Waals surface area contributed by atoms with Crippen LogP contribution in [-0.2, 0) is 20.4 Å². The van der Waals surface area contributed by atoms with Crippen LogP contribution in [0.15, 0.2) is 58.3 Å². The number of hydrogen-bond acceptors (Lipinski definition) is 9. The van der Waals surface area contributed by atoms with E-state index in [1.807, 2.05) is 44.2 Å². The number of halogens is 1. The molecule has 1 aliphatic carbocycles. The van der Waals surface area contributed by atoms with Gasteiger partial charge in [-0.25, -0.2) is 22.9 Å². The Labute approximate surface area is 279 Å². The van der Waals surface area contributed by atoms with Crippen LogP contribution in [0.4, 0.5) is 4.79 Å². The first-order valence-electron chi connectivity index (χ1n) is 15.2. The van der Waals surface area contributed by atoms with Crippen LogP contribution in [0.25, 0.3) is 21.3 Å². The summed E-state index contributed by atoms with van der Waals surface area (Å²) in [7, 11) is -3.68. The third-order valence-corrected chi connectivity index (χ3v) is 10.8. The van der Waals surface area contributed by atoms with Crippen molar-refractivity contribution < 1.29 is 23.1 Å². The Morgan fingerprint density at radius 2 is 1.91 bits per heavy atom. The molecule has 13 heteroatoms. The summed E-state index contributed by atoms with van der Waals surface area (Å²) in [5.74, 6) is 0.335. The maximum atomic E-state index is 13.3. The van der Waals surface area contributed by atoms with E-state index in [0.717, 1.165) is 15.6 Å². The highest BCUT2D eigenvalue weighted by Gasteiger charge is 2.39. The lowest BCUT2D eigenvalue weighted by Gasteiger charge is -2.25. The van der Waals surface area contributed by atoms with Gasteiger partial charge in [-0.2, -0.15) is 5.26 Å². The summed E-state index contributed by atoms with van der Waals surface area (Å²) >= 11 is 8.10. The largest absolute Gasteiger partial charge is 0.444 e. The molecule has 2 atom stereocenters. The zero-order valence-electron chi connectivity index (χ0n) is 26.8. The number of benzene rings is 1. The predicted molar refractivity (Wildman–Crippen MR) is 183 cm³/mol. The fourth-order valence-corrected chi connectivity index (χ4v) is 7.91. The summed E-state index contributed by atoms with van der Waals surface area (Å²) in [6.07, 6.45) is 2.75. The van der Waals surface area contributed by atoms with Crippen molar-refractivity contribution in [1.29, 1.82) is 5.26 Å². The average molecular weight is 686 g/mol. The number of nitrogens with zero attached hydrogens (tertiary/aromatic N) is 3. The van der Waals surface area contributed by atoms with Crippen molar-refractivity contribution in [3.63, 3.8) is 0 Å². The van der Waals surface area contributed by atoms with E-state index in [4.69, 9.17) is 16.3 Å². The molecule has 2 aliphatic rings. The molecule has 5 rings (SSSR count). The number of thiophene rings is 1. The number of aliphatic hydroxyl groups is 1. The van der Waals surface area contributed by atoms with Gasteiger partial charge in [-0.15, -0.1) is 11.3 Å². The lowest BCUT2D eigenvalue weighted by atomic mass is 9.92. The van der Waals surface area contributed by atoms with Crippen LogP contribution >= 0.6 is 22.9 Å². The minimum atomic E-state index is -3.68. The number of alkyl carbamates (subject to hydrolysis) is 1. The van der Waals surface area contributed by atoms with E-state index in [2.05, 4.69) is 20.0 Å². The second-order valence-corrected chi connectivity index (χ2v) is 15.7. The van der Waals surface area contributed by atoms with Crippen molar-refractivity contribution in [2.45, 2.75) is 96.1 Å². The molecule has 1 saturated carbocycles. The Hall–Kier alpha value is -3.34. The molecule has 1 aliphatic heterocycles. The summed E-state index contributed by atoms with van der Waals surface area (Å²) in [5.41, 5.74) is 0.219. The highest BCUT2D eigenvalue weighted by atomic mass is 35.5. The molecule has 0 saturated heterocycles. The molecule has 0 radical (unpaired) electrons. The number of carbonyl (C=O) groups excluding carboxylic acids is 1. The molecule has 0 spiro atoms.